The van der Waals surface area contributed by atoms with Gasteiger partial charge in [0.25, 0.3) is 5.91 Å². The van der Waals surface area contributed by atoms with Gasteiger partial charge in [0.2, 0.25) is 0 Å². The lowest BCUT2D eigenvalue weighted by Gasteiger charge is -2.09. The Balaban J connectivity index is 2.38. The fourth-order valence-corrected chi connectivity index (χ4v) is 2.24. The van der Waals surface area contributed by atoms with Crippen molar-refractivity contribution < 1.29 is 44.4 Å². The van der Waals surface area contributed by atoms with E-state index in [1.165, 1.54) is 0 Å². The first-order valence-electron chi connectivity index (χ1n) is 7.14. The van der Waals surface area contributed by atoms with Gasteiger partial charge in [-0.25, -0.2) is 19.2 Å². The van der Waals surface area contributed by atoms with Gasteiger partial charge in [-0.3, -0.25) is 4.79 Å². The quantitative estimate of drug-likeness (QED) is 0.504. The number of carboxylic acid groups (broad SMARTS) is 4. The van der Waals surface area contributed by atoms with Crippen LogP contribution in [-0.4, -0.2) is 50.2 Å². The van der Waals surface area contributed by atoms with Crippen molar-refractivity contribution in [2.24, 2.45) is 0 Å². The van der Waals surface area contributed by atoms with Gasteiger partial charge in [0.15, 0.2) is 0 Å². The van der Waals surface area contributed by atoms with E-state index < -0.39 is 52.0 Å². The average molecular weight is 373 g/mol. The van der Waals surface area contributed by atoms with E-state index in [0.29, 0.717) is 0 Å². The number of nitrogens with one attached hydrogen (secondary N) is 1. The Hall–Kier alpha value is -4.21. The van der Waals surface area contributed by atoms with Gasteiger partial charge in [-0.15, -0.1) is 0 Å². The van der Waals surface area contributed by atoms with Crippen molar-refractivity contribution in [3.8, 4) is 0 Å². The van der Waals surface area contributed by atoms with Crippen molar-refractivity contribution in [3.63, 3.8) is 0 Å². The fourth-order valence-electron chi connectivity index (χ4n) is 2.24. The van der Waals surface area contributed by atoms with Gasteiger partial charge < -0.3 is 25.7 Å². The number of rotatable bonds is 6. The highest BCUT2D eigenvalue weighted by molar-refractivity contribution is 6.09. The maximum Gasteiger partial charge on any atom is 0.336 e. The molecule has 0 aliphatic carbocycles. The standard InChI is InChI=1S/C17H11NO9/c19-13(7-1-3-9(14(20)21)11(5-7)16(24)25)18-8-2-4-10(15(22)23)12(6-8)17(26)27/h1-6H,(H,18,19)(H,20,21)(H,22,23)(H,24,25)(H,26,27). The first-order valence-corrected chi connectivity index (χ1v) is 7.14. The van der Waals surface area contributed by atoms with Gasteiger partial charge in [0, 0.05) is 11.3 Å². The van der Waals surface area contributed by atoms with E-state index in [2.05, 4.69) is 5.32 Å². The second kappa shape index (κ2) is 7.35. The molecule has 1 amide bonds. The number of anilines is 1. The van der Waals surface area contributed by atoms with Crippen LogP contribution in [0.5, 0.6) is 0 Å². The summed E-state index contributed by atoms with van der Waals surface area (Å²) in [6.45, 7) is 0. The van der Waals surface area contributed by atoms with Crippen molar-refractivity contribution in [1.29, 1.82) is 0 Å². The zero-order valence-electron chi connectivity index (χ0n) is 13.3. The summed E-state index contributed by atoms with van der Waals surface area (Å²) in [7, 11) is 0. The molecule has 5 N–H and O–H groups in total. The number of benzene rings is 2. The molecule has 0 aromatic heterocycles. The Bertz CT molecular complexity index is 994. The zero-order valence-corrected chi connectivity index (χ0v) is 13.3. The van der Waals surface area contributed by atoms with Crippen LogP contribution in [0.3, 0.4) is 0 Å². The molecule has 0 atom stereocenters. The number of hydrogen-bond acceptors (Lipinski definition) is 5. The second-order valence-corrected chi connectivity index (χ2v) is 5.20. The van der Waals surface area contributed by atoms with Crippen LogP contribution in [0, 0.1) is 0 Å². The summed E-state index contributed by atoms with van der Waals surface area (Å²) in [6.07, 6.45) is 0. The fraction of sp³-hybridized carbons (Fsp3) is 0. The predicted octanol–water partition coefficient (Wildman–Crippen LogP) is 1.73. The molecule has 0 spiro atoms. The molecule has 0 saturated heterocycles. The highest BCUT2D eigenvalue weighted by Crippen LogP contribution is 2.19. The highest BCUT2D eigenvalue weighted by Gasteiger charge is 2.20. The number of carboxylic acids is 4. The van der Waals surface area contributed by atoms with Crippen LogP contribution in [0.1, 0.15) is 51.8 Å². The molecule has 0 saturated carbocycles. The van der Waals surface area contributed by atoms with Gasteiger partial charge in [0.1, 0.15) is 0 Å². The lowest BCUT2D eigenvalue weighted by molar-refractivity contribution is 0.0651. The van der Waals surface area contributed by atoms with Crippen LogP contribution in [0.15, 0.2) is 36.4 Å². The topological polar surface area (TPSA) is 178 Å². The van der Waals surface area contributed by atoms with Gasteiger partial charge in [-0.1, -0.05) is 0 Å². The third kappa shape index (κ3) is 4.07. The molecule has 10 nitrogen and oxygen atoms in total. The van der Waals surface area contributed by atoms with Crippen LogP contribution in [0.4, 0.5) is 5.69 Å². The maximum absolute atomic E-state index is 12.3. The molecule has 0 bridgehead atoms. The van der Waals surface area contributed by atoms with Crippen LogP contribution in [0.25, 0.3) is 0 Å². The van der Waals surface area contributed by atoms with Crippen molar-refractivity contribution in [1.82, 2.24) is 0 Å². The monoisotopic (exact) mass is 373 g/mol. The van der Waals surface area contributed by atoms with Crippen molar-refractivity contribution >= 4 is 35.5 Å². The first-order chi connectivity index (χ1) is 12.6. The Kier molecular flexibility index (Phi) is 5.21. The Morgan fingerprint density at radius 2 is 1.04 bits per heavy atom. The normalized spacial score (nSPS) is 10.1. The third-order valence-electron chi connectivity index (χ3n) is 3.48. The minimum atomic E-state index is -1.54. The smallest absolute Gasteiger partial charge is 0.336 e. The molecule has 2 rings (SSSR count). The maximum atomic E-state index is 12.3. The molecule has 0 unspecified atom stereocenters. The highest BCUT2D eigenvalue weighted by atomic mass is 16.4. The van der Waals surface area contributed by atoms with Crippen LogP contribution in [0.2, 0.25) is 0 Å². The third-order valence-corrected chi connectivity index (χ3v) is 3.48. The molecule has 27 heavy (non-hydrogen) atoms. The minimum absolute atomic E-state index is 0.0402. The van der Waals surface area contributed by atoms with Crippen molar-refractivity contribution in [3.05, 3.63) is 64.2 Å². The van der Waals surface area contributed by atoms with Gasteiger partial charge >= 0.3 is 23.9 Å². The van der Waals surface area contributed by atoms with E-state index in [1.807, 2.05) is 0 Å². The number of amides is 1. The van der Waals surface area contributed by atoms with E-state index in [9.17, 15) is 24.0 Å². The number of aromatic carboxylic acids is 4. The Labute approximate surface area is 150 Å². The minimum Gasteiger partial charge on any atom is -0.478 e. The summed E-state index contributed by atoms with van der Waals surface area (Å²) in [6, 6.07) is 6.01. The average Bonchev–Trinajstić information content (AvgIpc) is 2.60. The summed E-state index contributed by atoms with van der Waals surface area (Å²) in [4.78, 5) is 56.6. The van der Waals surface area contributed by atoms with Crippen molar-refractivity contribution in [2.75, 3.05) is 5.32 Å². The molecule has 2 aromatic rings. The second-order valence-electron chi connectivity index (χ2n) is 5.20. The van der Waals surface area contributed by atoms with E-state index in [4.69, 9.17) is 20.4 Å². The molecule has 0 aliphatic rings. The number of carbonyl (C=O) groups excluding carboxylic acids is 1. The lowest BCUT2D eigenvalue weighted by atomic mass is 10.0. The van der Waals surface area contributed by atoms with Gasteiger partial charge in [-0.05, 0) is 36.4 Å². The van der Waals surface area contributed by atoms with Crippen molar-refractivity contribution in [2.45, 2.75) is 0 Å². The summed E-state index contributed by atoms with van der Waals surface area (Å²) in [5.74, 6) is -6.83. The summed E-state index contributed by atoms with van der Waals surface area (Å²) >= 11 is 0. The number of carbonyl (C=O) groups is 5. The van der Waals surface area contributed by atoms with Gasteiger partial charge in [-0.2, -0.15) is 0 Å². The first kappa shape index (κ1) is 19.1. The summed E-state index contributed by atoms with van der Waals surface area (Å²) in [5, 5.41) is 38.4. The van der Waals surface area contributed by atoms with E-state index in [0.717, 1.165) is 36.4 Å². The van der Waals surface area contributed by atoms with E-state index >= 15 is 0 Å². The lowest BCUT2D eigenvalue weighted by Crippen LogP contribution is -2.16. The molecular formula is C17H11NO9. The van der Waals surface area contributed by atoms with E-state index in [1.54, 1.807) is 0 Å². The van der Waals surface area contributed by atoms with Crippen LogP contribution in [-0.2, 0) is 0 Å². The molecule has 0 radical (unpaired) electrons. The Morgan fingerprint density at radius 1 is 0.593 bits per heavy atom. The molecule has 10 heteroatoms. The predicted molar refractivity (Wildman–Crippen MR) is 88.7 cm³/mol. The largest absolute Gasteiger partial charge is 0.478 e. The van der Waals surface area contributed by atoms with Crippen LogP contribution < -0.4 is 5.32 Å². The molecule has 2 aromatic carbocycles. The SMILES string of the molecule is O=C(Nc1ccc(C(=O)O)c(C(=O)O)c1)c1ccc(C(=O)O)c(C(=O)O)c1. The molecule has 0 aliphatic heterocycles. The number of hydrogen-bond donors (Lipinski definition) is 5. The van der Waals surface area contributed by atoms with E-state index in [-0.39, 0.29) is 11.3 Å². The Morgan fingerprint density at radius 3 is 1.52 bits per heavy atom. The summed E-state index contributed by atoms with van der Waals surface area (Å²) < 4.78 is 0. The van der Waals surface area contributed by atoms with Gasteiger partial charge in [0.05, 0.1) is 22.3 Å². The molecule has 138 valence electrons. The zero-order chi connectivity index (χ0) is 20.3. The molecule has 0 heterocycles. The van der Waals surface area contributed by atoms with Crippen LogP contribution >= 0.6 is 0 Å². The molecular weight excluding hydrogens is 362 g/mol. The summed E-state index contributed by atoms with van der Waals surface area (Å²) in [5.41, 5.74) is -2.34. The molecule has 0 fully saturated rings.